The van der Waals surface area contributed by atoms with E-state index >= 15 is 0 Å². The number of anilines is 1. The van der Waals surface area contributed by atoms with Gasteiger partial charge >= 0.3 is 11.8 Å². The first kappa shape index (κ1) is 22.5. The van der Waals surface area contributed by atoms with Crippen LogP contribution in [0.5, 0.6) is 0 Å². The van der Waals surface area contributed by atoms with E-state index in [1.54, 1.807) is 6.07 Å². The van der Waals surface area contributed by atoms with Crippen LogP contribution >= 0.6 is 0 Å². The average molecular weight is 422 g/mol. The third-order valence-corrected chi connectivity index (χ3v) is 5.53. The summed E-state index contributed by atoms with van der Waals surface area (Å²) in [7, 11) is 0. The van der Waals surface area contributed by atoms with Crippen molar-refractivity contribution in [2.24, 2.45) is 0 Å². The Morgan fingerprint density at radius 1 is 0.867 bits per heavy atom. The molecule has 0 saturated carbocycles. The van der Waals surface area contributed by atoms with E-state index in [0.717, 1.165) is 58.8 Å². The molecule has 0 spiro atoms. The lowest BCUT2D eigenvalue weighted by Gasteiger charge is -2.36. The molecule has 1 aromatic carbocycles. The molecule has 8 nitrogen and oxygen atoms in total. The van der Waals surface area contributed by atoms with Gasteiger partial charge < -0.3 is 20.3 Å². The highest BCUT2D eigenvalue weighted by molar-refractivity contribution is 6.35. The molecule has 9 heteroatoms. The van der Waals surface area contributed by atoms with Crippen LogP contribution in [0.15, 0.2) is 24.3 Å². The number of rotatable bonds is 8. The quantitative estimate of drug-likeness (QED) is 0.451. The van der Waals surface area contributed by atoms with E-state index in [1.165, 1.54) is 6.07 Å². The number of ether oxygens (including phenoxy) is 1. The fourth-order valence-electron chi connectivity index (χ4n) is 3.74. The van der Waals surface area contributed by atoms with Gasteiger partial charge in [0.05, 0.1) is 18.9 Å². The molecule has 1 aromatic rings. The summed E-state index contributed by atoms with van der Waals surface area (Å²) in [6.45, 7) is 8.88. The first-order chi connectivity index (χ1) is 14.6. The Hall–Kier alpha value is -2.23. The number of piperazine rings is 1. The minimum atomic E-state index is -0.582. The van der Waals surface area contributed by atoms with Gasteiger partial charge in [0.2, 0.25) is 0 Å². The largest absolute Gasteiger partial charge is 0.379 e. The van der Waals surface area contributed by atoms with Crippen LogP contribution in [0, 0.1) is 5.82 Å². The Bertz CT molecular complexity index is 691. The molecule has 0 radical (unpaired) electrons. The van der Waals surface area contributed by atoms with E-state index in [4.69, 9.17) is 4.74 Å². The fraction of sp³-hybridized carbons (Fsp3) is 0.619. The van der Waals surface area contributed by atoms with Crippen LogP contribution in [0.2, 0.25) is 0 Å². The molecule has 0 aromatic heterocycles. The van der Waals surface area contributed by atoms with Gasteiger partial charge in [-0.15, -0.1) is 0 Å². The number of amides is 2. The molecule has 2 aliphatic heterocycles. The first-order valence-electron chi connectivity index (χ1n) is 10.7. The number of nitrogens with one attached hydrogen (secondary N) is 2. The van der Waals surface area contributed by atoms with Gasteiger partial charge in [0.15, 0.2) is 0 Å². The summed E-state index contributed by atoms with van der Waals surface area (Å²) in [5.74, 6) is -1.35. The Balaban J connectivity index is 1.24. The monoisotopic (exact) mass is 421 g/mol. The number of morpholine rings is 1. The minimum Gasteiger partial charge on any atom is -0.379 e. The van der Waals surface area contributed by atoms with Crippen molar-refractivity contribution in [3.63, 3.8) is 0 Å². The molecule has 2 amide bonds. The number of hydrogen-bond acceptors (Lipinski definition) is 6. The second-order valence-corrected chi connectivity index (χ2v) is 7.60. The zero-order valence-corrected chi connectivity index (χ0v) is 17.4. The number of carbonyl (C=O) groups is 2. The molecule has 0 bridgehead atoms. The Kier molecular flexibility index (Phi) is 8.85. The molecule has 0 unspecified atom stereocenters. The number of benzene rings is 1. The zero-order chi connectivity index (χ0) is 21.2. The Morgan fingerprint density at radius 2 is 1.50 bits per heavy atom. The molecule has 2 N–H and O–H groups in total. The van der Waals surface area contributed by atoms with Crippen molar-refractivity contribution in [1.29, 1.82) is 0 Å². The SMILES string of the molecule is O=C(NCCCN1CCN(c2ccccc2F)CC1)C(=O)NCCN1CCOCC1. The van der Waals surface area contributed by atoms with Crippen LogP contribution in [0.25, 0.3) is 0 Å². The van der Waals surface area contributed by atoms with Gasteiger partial charge in [-0.1, -0.05) is 12.1 Å². The molecule has 2 fully saturated rings. The first-order valence-corrected chi connectivity index (χ1v) is 10.7. The van der Waals surface area contributed by atoms with Crippen LogP contribution in [0.4, 0.5) is 10.1 Å². The van der Waals surface area contributed by atoms with Crippen LogP contribution in [0.1, 0.15) is 6.42 Å². The Morgan fingerprint density at radius 3 is 2.20 bits per heavy atom. The maximum atomic E-state index is 13.9. The van der Waals surface area contributed by atoms with Crippen molar-refractivity contribution in [3.05, 3.63) is 30.1 Å². The van der Waals surface area contributed by atoms with Crippen molar-refractivity contribution >= 4 is 17.5 Å². The van der Waals surface area contributed by atoms with Crippen LogP contribution in [0.3, 0.4) is 0 Å². The molecule has 3 rings (SSSR count). The lowest BCUT2D eigenvalue weighted by atomic mass is 10.2. The maximum absolute atomic E-state index is 13.9. The van der Waals surface area contributed by atoms with Crippen molar-refractivity contribution in [2.75, 3.05) is 83.6 Å². The zero-order valence-electron chi connectivity index (χ0n) is 17.4. The van der Waals surface area contributed by atoms with Crippen molar-refractivity contribution in [3.8, 4) is 0 Å². The highest BCUT2D eigenvalue weighted by atomic mass is 19.1. The summed E-state index contributed by atoms with van der Waals surface area (Å²) in [6, 6.07) is 6.86. The minimum absolute atomic E-state index is 0.183. The predicted octanol–water partition coefficient (Wildman–Crippen LogP) is -0.0976. The van der Waals surface area contributed by atoms with E-state index in [0.29, 0.717) is 32.0 Å². The normalized spacial score (nSPS) is 18.2. The number of hydrogen-bond donors (Lipinski definition) is 2. The highest BCUT2D eigenvalue weighted by Crippen LogP contribution is 2.20. The third-order valence-electron chi connectivity index (χ3n) is 5.53. The van der Waals surface area contributed by atoms with Gasteiger partial charge in [-0.2, -0.15) is 0 Å². The molecular weight excluding hydrogens is 389 g/mol. The van der Waals surface area contributed by atoms with E-state index in [-0.39, 0.29) is 5.82 Å². The van der Waals surface area contributed by atoms with Crippen molar-refractivity contribution in [2.45, 2.75) is 6.42 Å². The molecule has 0 atom stereocenters. The second-order valence-electron chi connectivity index (χ2n) is 7.60. The van der Waals surface area contributed by atoms with Gasteiger partial charge in [-0.05, 0) is 25.1 Å². The molecule has 2 aliphatic rings. The summed E-state index contributed by atoms with van der Waals surface area (Å²) in [5, 5.41) is 5.35. The second kappa shape index (κ2) is 11.8. The van der Waals surface area contributed by atoms with Gasteiger partial charge in [0, 0.05) is 58.9 Å². The molecule has 2 saturated heterocycles. The highest BCUT2D eigenvalue weighted by Gasteiger charge is 2.19. The van der Waals surface area contributed by atoms with E-state index < -0.39 is 11.8 Å². The average Bonchev–Trinajstić information content (AvgIpc) is 2.78. The molecular formula is C21H32FN5O3. The number of halogens is 1. The lowest BCUT2D eigenvalue weighted by Crippen LogP contribution is -2.47. The summed E-state index contributed by atoms with van der Waals surface area (Å²) in [5.41, 5.74) is 0.657. The van der Waals surface area contributed by atoms with Gasteiger partial charge in [-0.3, -0.25) is 19.4 Å². The smallest absolute Gasteiger partial charge is 0.309 e. The molecule has 166 valence electrons. The molecule has 0 aliphatic carbocycles. The van der Waals surface area contributed by atoms with E-state index in [9.17, 15) is 14.0 Å². The molecule has 2 heterocycles. The topological polar surface area (TPSA) is 77.2 Å². The van der Waals surface area contributed by atoms with Crippen LogP contribution in [-0.4, -0.2) is 100 Å². The number of para-hydroxylation sites is 1. The molecule has 30 heavy (non-hydrogen) atoms. The lowest BCUT2D eigenvalue weighted by molar-refractivity contribution is -0.139. The van der Waals surface area contributed by atoms with Gasteiger partial charge in [0.25, 0.3) is 0 Å². The van der Waals surface area contributed by atoms with Crippen LogP contribution in [-0.2, 0) is 14.3 Å². The van der Waals surface area contributed by atoms with Crippen molar-refractivity contribution < 1.29 is 18.7 Å². The van der Waals surface area contributed by atoms with Crippen LogP contribution < -0.4 is 15.5 Å². The standard InChI is InChI=1S/C21H32FN5O3/c22-18-4-1-2-5-19(18)27-12-10-25(11-13-27)8-3-6-23-20(28)21(29)24-7-9-26-14-16-30-17-15-26/h1-2,4-5H,3,6-17H2,(H,23,28)(H,24,29). The third kappa shape index (κ3) is 6.93. The van der Waals surface area contributed by atoms with Gasteiger partial charge in [0.1, 0.15) is 5.82 Å². The number of nitrogens with zero attached hydrogens (tertiary/aromatic N) is 3. The maximum Gasteiger partial charge on any atom is 0.309 e. The van der Waals surface area contributed by atoms with Gasteiger partial charge in [-0.25, -0.2) is 4.39 Å². The summed E-state index contributed by atoms with van der Waals surface area (Å²) >= 11 is 0. The summed E-state index contributed by atoms with van der Waals surface area (Å²) in [6.07, 6.45) is 0.770. The number of carbonyl (C=O) groups excluding carboxylic acids is 2. The van der Waals surface area contributed by atoms with E-state index in [2.05, 4.69) is 25.3 Å². The van der Waals surface area contributed by atoms with E-state index in [1.807, 2.05) is 12.1 Å². The fourth-order valence-corrected chi connectivity index (χ4v) is 3.74. The Labute approximate surface area is 177 Å². The summed E-state index contributed by atoms with van der Waals surface area (Å²) < 4.78 is 19.2. The summed E-state index contributed by atoms with van der Waals surface area (Å²) in [4.78, 5) is 30.3. The van der Waals surface area contributed by atoms with Crippen molar-refractivity contribution in [1.82, 2.24) is 20.4 Å². The predicted molar refractivity (Wildman–Crippen MR) is 113 cm³/mol.